The minimum atomic E-state index is -3.77. The van der Waals surface area contributed by atoms with Gasteiger partial charge >= 0.3 is 0 Å². The van der Waals surface area contributed by atoms with E-state index in [0.29, 0.717) is 22.7 Å². The average Bonchev–Trinajstić information content (AvgIpc) is 2.81. The number of ether oxygens (including phenoxy) is 1. The molecule has 0 aromatic heterocycles. The second kappa shape index (κ2) is 10.8. The van der Waals surface area contributed by atoms with Gasteiger partial charge in [-0.1, -0.05) is 51.1 Å². The molecule has 0 spiro atoms. The molecule has 0 aliphatic heterocycles. The van der Waals surface area contributed by atoms with Gasteiger partial charge < -0.3 is 15.4 Å². The molecule has 9 heteroatoms. The molecule has 0 heterocycles. The summed E-state index contributed by atoms with van der Waals surface area (Å²) < 4.78 is 31.1. The monoisotopic (exact) mass is 509 g/mol. The van der Waals surface area contributed by atoms with Crippen LogP contribution < -0.4 is 19.7 Å². The summed E-state index contributed by atoms with van der Waals surface area (Å²) in [5.74, 6) is -0.498. The quantitative estimate of drug-likeness (QED) is 0.460. The van der Waals surface area contributed by atoms with Crippen LogP contribution in [0.3, 0.4) is 0 Å². The molecule has 0 fully saturated rings. The Morgan fingerprint density at radius 3 is 2.08 bits per heavy atom. The van der Waals surface area contributed by atoms with Crippen molar-refractivity contribution in [3.05, 3.63) is 83.9 Å². The predicted octanol–water partition coefficient (Wildman–Crippen LogP) is 4.65. The van der Waals surface area contributed by atoms with Crippen LogP contribution in [-0.4, -0.2) is 40.1 Å². The summed E-state index contributed by atoms with van der Waals surface area (Å²) in [4.78, 5) is 25.5. The zero-order chi connectivity index (χ0) is 26.5. The molecule has 0 aliphatic rings. The number of benzene rings is 3. The molecular formula is C27H31N3O5S. The summed E-state index contributed by atoms with van der Waals surface area (Å²) >= 11 is 0. The standard InChI is InChI=1S/C27H31N3O5S/c1-27(2,3)20-15-13-19(14-16-20)26(32)29-22-10-8-9-21(17-22)28-25(31)18-30(36(5,33)34)23-11-6-7-12-24(23)35-4/h6-17H,18H2,1-5H3,(H,28,31)(H,29,32). The number of nitrogens with zero attached hydrogens (tertiary/aromatic N) is 1. The van der Waals surface area contributed by atoms with Gasteiger partial charge in [-0.2, -0.15) is 0 Å². The van der Waals surface area contributed by atoms with Gasteiger partial charge in [0.15, 0.2) is 0 Å². The van der Waals surface area contributed by atoms with E-state index in [2.05, 4.69) is 31.4 Å². The van der Waals surface area contributed by atoms with Crippen molar-refractivity contribution < 1.29 is 22.7 Å². The lowest BCUT2D eigenvalue weighted by atomic mass is 9.87. The van der Waals surface area contributed by atoms with E-state index in [0.717, 1.165) is 16.1 Å². The number of rotatable bonds is 8. The normalized spacial score (nSPS) is 11.5. The van der Waals surface area contributed by atoms with Crippen LogP contribution in [0, 0.1) is 0 Å². The van der Waals surface area contributed by atoms with Gasteiger partial charge in [-0.25, -0.2) is 8.42 Å². The van der Waals surface area contributed by atoms with Gasteiger partial charge in [-0.15, -0.1) is 0 Å². The summed E-state index contributed by atoms with van der Waals surface area (Å²) in [5.41, 5.74) is 2.78. The van der Waals surface area contributed by atoms with Crippen LogP contribution in [0.25, 0.3) is 0 Å². The van der Waals surface area contributed by atoms with Gasteiger partial charge in [-0.05, 0) is 53.4 Å². The summed E-state index contributed by atoms with van der Waals surface area (Å²) in [6.07, 6.45) is 1.02. The number of anilines is 3. The van der Waals surface area contributed by atoms with Crippen molar-refractivity contribution in [2.24, 2.45) is 0 Å². The van der Waals surface area contributed by atoms with Crippen molar-refractivity contribution in [2.45, 2.75) is 26.2 Å². The maximum absolute atomic E-state index is 12.8. The number of methoxy groups -OCH3 is 1. The number of carbonyl (C=O) groups is 2. The molecule has 0 bridgehead atoms. The fourth-order valence-corrected chi connectivity index (χ4v) is 4.41. The second-order valence-corrected chi connectivity index (χ2v) is 11.3. The van der Waals surface area contributed by atoms with Crippen molar-refractivity contribution in [1.29, 1.82) is 0 Å². The van der Waals surface area contributed by atoms with Crippen molar-refractivity contribution >= 4 is 38.9 Å². The topological polar surface area (TPSA) is 105 Å². The Kier molecular flexibility index (Phi) is 8.04. The maximum Gasteiger partial charge on any atom is 0.255 e. The first-order valence-corrected chi connectivity index (χ1v) is 13.2. The van der Waals surface area contributed by atoms with E-state index >= 15 is 0 Å². The van der Waals surface area contributed by atoms with Gasteiger partial charge in [0.1, 0.15) is 12.3 Å². The number of hydrogen-bond donors (Lipinski definition) is 2. The van der Waals surface area contributed by atoms with Crippen molar-refractivity contribution in [1.82, 2.24) is 0 Å². The number of sulfonamides is 1. The van der Waals surface area contributed by atoms with Gasteiger partial charge in [0, 0.05) is 16.9 Å². The largest absolute Gasteiger partial charge is 0.495 e. The third-order valence-corrected chi connectivity index (χ3v) is 6.59. The molecule has 3 aromatic carbocycles. The molecular weight excluding hydrogens is 478 g/mol. The zero-order valence-corrected chi connectivity index (χ0v) is 21.8. The third-order valence-electron chi connectivity index (χ3n) is 5.46. The van der Waals surface area contributed by atoms with Crippen molar-refractivity contribution in [2.75, 3.05) is 34.8 Å². The molecule has 0 radical (unpaired) electrons. The van der Waals surface area contributed by atoms with Gasteiger partial charge in [0.25, 0.3) is 5.91 Å². The van der Waals surface area contributed by atoms with E-state index in [1.165, 1.54) is 7.11 Å². The van der Waals surface area contributed by atoms with E-state index in [-0.39, 0.29) is 17.0 Å². The smallest absolute Gasteiger partial charge is 0.255 e. The lowest BCUT2D eigenvalue weighted by Gasteiger charge is -2.23. The SMILES string of the molecule is COc1ccccc1N(CC(=O)Nc1cccc(NC(=O)c2ccc(C(C)(C)C)cc2)c1)S(C)(=O)=O. The lowest BCUT2D eigenvalue weighted by Crippen LogP contribution is -2.37. The minimum absolute atomic E-state index is 0.0140. The molecule has 3 aromatic rings. The third kappa shape index (κ3) is 6.85. The Bertz CT molecular complexity index is 1350. The Balaban J connectivity index is 1.71. The first-order valence-electron chi connectivity index (χ1n) is 11.3. The molecule has 0 atom stereocenters. The highest BCUT2D eigenvalue weighted by Crippen LogP contribution is 2.29. The van der Waals surface area contributed by atoms with Gasteiger partial charge in [0.2, 0.25) is 15.9 Å². The molecule has 36 heavy (non-hydrogen) atoms. The Morgan fingerprint density at radius 1 is 0.889 bits per heavy atom. The first-order chi connectivity index (χ1) is 16.9. The Labute approximate surface area is 212 Å². The van der Waals surface area contributed by atoms with Crippen molar-refractivity contribution in [3.63, 3.8) is 0 Å². The fraction of sp³-hybridized carbons (Fsp3) is 0.259. The Morgan fingerprint density at radius 2 is 1.50 bits per heavy atom. The second-order valence-electron chi connectivity index (χ2n) is 9.35. The number of amides is 2. The molecule has 0 saturated heterocycles. The highest BCUT2D eigenvalue weighted by Gasteiger charge is 2.24. The molecule has 0 aliphatic carbocycles. The van der Waals surface area contributed by atoms with E-state index in [1.807, 2.05) is 12.1 Å². The lowest BCUT2D eigenvalue weighted by molar-refractivity contribution is -0.114. The van der Waals surface area contributed by atoms with E-state index in [4.69, 9.17) is 4.74 Å². The number of carbonyl (C=O) groups excluding carboxylic acids is 2. The van der Waals surface area contributed by atoms with E-state index in [1.54, 1.807) is 60.7 Å². The van der Waals surface area contributed by atoms with Gasteiger partial charge in [0.05, 0.1) is 19.1 Å². The minimum Gasteiger partial charge on any atom is -0.495 e. The first kappa shape index (κ1) is 26.7. The summed E-state index contributed by atoms with van der Waals surface area (Å²) in [6.45, 7) is 5.87. The van der Waals surface area contributed by atoms with Gasteiger partial charge in [-0.3, -0.25) is 13.9 Å². The van der Waals surface area contributed by atoms with Crippen LogP contribution in [0.4, 0.5) is 17.1 Å². The van der Waals surface area contributed by atoms with E-state index < -0.39 is 22.5 Å². The van der Waals surface area contributed by atoms with Crippen LogP contribution in [0.1, 0.15) is 36.7 Å². The molecule has 2 N–H and O–H groups in total. The Hall–Kier alpha value is -3.85. The summed E-state index contributed by atoms with van der Waals surface area (Å²) in [5, 5.41) is 5.52. The van der Waals surface area contributed by atoms with Crippen molar-refractivity contribution in [3.8, 4) is 5.75 Å². The van der Waals surface area contributed by atoms with Crippen LogP contribution in [0.15, 0.2) is 72.8 Å². The number of hydrogen-bond acceptors (Lipinski definition) is 5. The number of para-hydroxylation sites is 2. The van der Waals surface area contributed by atoms with Crippen LogP contribution in [-0.2, 0) is 20.2 Å². The van der Waals surface area contributed by atoms with E-state index in [9.17, 15) is 18.0 Å². The predicted molar refractivity (Wildman–Crippen MR) is 143 cm³/mol. The zero-order valence-electron chi connectivity index (χ0n) is 21.0. The van der Waals surface area contributed by atoms with Crippen LogP contribution in [0.2, 0.25) is 0 Å². The molecule has 8 nitrogen and oxygen atoms in total. The van der Waals surface area contributed by atoms with Crippen LogP contribution >= 0.6 is 0 Å². The number of nitrogens with one attached hydrogen (secondary N) is 2. The summed E-state index contributed by atoms with van der Waals surface area (Å²) in [6, 6.07) is 20.6. The fourth-order valence-electron chi connectivity index (χ4n) is 3.55. The highest BCUT2D eigenvalue weighted by molar-refractivity contribution is 7.92. The molecule has 190 valence electrons. The highest BCUT2D eigenvalue weighted by atomic mass is 32.2. The molecule has 3 rings (SSSR count). The van der Waals surface area contributed by atoms with Crippen LogP contribution in [0.5, 0.6) is 5.75 Å². The molecule has 0 unspecified atom stereocenters. The average molecular weight is 510 g/mol. The summed E-state index contributed by atoms with van der Waals surface area (Å²) in [7, 11) is -2.34. The maximum atomic E-state index is 12.8. The molecule has 2 amide bonds. The molecule has 0 saturated carbocycles.